The molecule has 4 nitrogen and oxygen atoms in total. The summed E-state index contributed by atoms with van der Waals surface area (Å²) in [5.74, 6) is -0.535. The number of carbonyl (C=O) groups excluding carboxylic acids is 2. The largest absolute Gasteiger partial charge is 0.460 e. The molecular weight excluding hydrogens is 359 g/mol. The van der Waals surface area contributed by atoms with E-state index in [2.05, 4.69) is 0 Å². The van der Waals surface area contributed by atoms with Crippen LogP contribution in [0.25, 0.3) is 0 Å². The lowest BCUT2D eigenvalue weighted by atomic mass is 10.0. The molecule has 2 rings (SSSR count). The first-order valence-corrected chi connectivity index (χ1v) is 11.8. The van der Waals surface area contributed by atoms with Gasteiger partial charge in [-0.2, -0.15) is 0 Å². The summed E-state index contributed by atoms with van der Waals surface area (Å²) in [4.78, 5) is 26.1. The molecule has 0 aliphatic heterocycles. The fraction of sp³-hybridized carbons (Fsp3) is 0.636. The van der Waals surface area contributed by atoms with Gasteiger partial charge in [-0.3, -0.25) is 9.59 Å². The van der Waals surface area contributed by atoms with Gasteiger partial charge in [0.25, 0.3) is 0 Å². The summed E-state index contributed by atoms with van der Waals surface area (Å²) in [6.45, 7) is 11.1. The van der Waals surface area contributed by atoms with Crippen LogP contribution in [0, 0.1) is 20.8 Å². The molecule has 0 aromatic heterocycles. The molecule has 27 heavy (non-hydrogen) atoms. The fourth-order valence-electron chi connectivity index (χ4n) is 4.14. The SMILES string of the molecule is Cc1cc(C)c(C(=O)P(=O)(CC(=O)OC(C)(C)C)C2CCCCC2)c(C)c1. The zero-order valence-electron chi connectivity index (χ0n) is 17.6. The van der Waals surface area contributed by atoms with E-state index in [4.69, 9.17) is 4.74 Å². The highest BCUT2D eigenvalue weighted by molar-refractivity contribution is 7.82. The molecule has 0 N–H and O–H groups in total. The summed E-state index contributed by atoms with van der Waals surface area (Å²) < 4.78 is 19.5. The Morgan fingerprint density at radius 3 is 2.04 bits per heavy atom. The van der Waals surface area contributed by atoms with Crippen molar-refractivity contribution in [2.75, 3.05) is 6.16 Å². The van der Waals surface area contributed by atoms with Gasteiger partial charge < -0.3 is 9.30 Å². The third kappa shape index (κ3) is 5.31. The van der Waals surface area contributed by atoms with Gasteiger partial charge in [0.15, 0.2) is 7.14 Å². The van der Waals surface area contributed by atoms with Gasteiger partial charge in [0, 0.05) is 11.2 Å². The third-order valence-electron chi connectivity index (χ3n) is 5.18. The molecule has 0 saturated heterocycles. The van der Waals surface area contributed by atoms with Gasteiger partial charge >= 0.3 is 5.97 Å². The molecule has 1 unspecified atom stereocenters. The van der Waals surface area contributed by atoms with E-state index in [1.54, 1.807) is 20.8 Å². The summed E-state index contributed by atoms with van der Waals surface area (Å²) in [6.07, 6.45) is 4.22. The van der Waals surface area contributed by atoms with Gasteiger partial charge in [-0.05, 0) is 65.5 Å². The minimum absolute atomic E-state index is 0.216. The second-order valence-corrected chi connectivity index (χ2v) is 12.0. The van der Waals surface area contributed by atoms with Gasteiger partial charge in [-0.15, -0.1) is 0 Å². The first-order chi connectivity index (χ1) is 12.4. The van der Waals surface area contributed by atoms with Crippen molar-refractivity contribution in [3.8, 4) is 0 Å². The summed E-state index contributed by atoms with van der Waals surface area (Å²) in [6, 6.07) is 3.89. The third-order valence-corrected chi connectivity index (χ3v) is 8.52. The topological polar surface area (TPSA) is 60.4 Å². The minimum atomic E-state index is -3.43. The number of ether oxygens (including phenoxy) is 1. The highest BCUT2D eigenvalue weighted by Crippen LogP contribution is 2.58. The van der Waals surface area contributed by atoms with E-state index in [-0.39, 0.29) is 17.3 Å². The second kappa shape index (κ2) is 8.31. The van der Waals surface area contributed by atoms with Crippen LogP contribution in [0.5, 0.6) is 0 Å². The molecule has 0 radical (unpaired) electrons. The van der Waals surface area contributed by atoms with Gasteiger partial charge in [0.2, 0.25) is 5.52 Å². The Labute approximate surface area is 163 Å². The molecule has 0 heterocycles. The molecule has 1 atom stereocenters. The lowest BCUT2D eigenvalue weighted by Crippen LogP contribution is -2.30. The Morgan fingerprint density at radius 1 is 1.04 bits per heavy atom. The van der Waals surface area contributed by atoms with Crippen LogP contribution >= 0.6 is 7.14 Å². The molecular formula is C22H33O4P. The number of hydrogen-bond donors (Lipinski definition) is 0. The Balaban J connectivity index is 2.44. The predicted molar refractivity (Wildman–Crippen MR) is 110 cm³/mol. The molecule has 0 bridgehead atoms. The van der Waals surface area contributed by atoms with Crippen LogP contribution in [-0.4, -0.2) is 28.9 Å². The van der Waals surface area contributed by atoms with E-state index in [0.29, 0.717) is 5.56 Å². The molecule has 1 saturated carbocycles. The van der Waals surface area contributed by atoms with Crippen molar-refractivity contribution in [2.24, 2.45) is 0 Å². The maximum absolute atomic E-state index is 14.1. The van der Waals surface area contributed by atoms with Crippen LogP contribution in [0.3, 0.4) is 0 Å². The number of carbonyl (C=O) groups is 2. The minimum Gasteiger partial charge on any atom is -0.460 e. The van der Waals surface area contributed by atoms with E-state index in [1.165, 1.54) is 0 Å². The van der Waals surface area contributed by atoms with Crippen molar-refractivity contribution >= 4 is 18.6 Å². The molecule has 1 aliphatic carbocycles. The highest BCUT2D eigenvalue weighted by Gasteiger charge is 2.44. The van der Waals surface area contributed by atoms with Gasteiger partial charge in [0.05, 0.1) is 0 Å². The molecule has 1 aliphatic rings. The lowest BCUT2D eigenvalue weighted by molar-refractivity contribution is -0.151. The van der Waals surface area contributed by atoms with Crippen LogP contribution in [0.4, 0.5) is 0 Å². The van der Waals surface area contributed by atoms with Crippen molar-refractivity contribution in [2.45, 2.75) is 84.9 Å². The van der Waals surface area contributed by atoms with Crippen molar-refractivity contribution in [3.05, 3.63) is 34.4 Å². The Kier molecular flexibility index (Phi) is 6.73. The number of aryl methyl sites for hydroxylation is 3. The smallest absolute Gasteiger partial charge is 0.314 e. The molecule has 0 spiro atoms. The average Bonchev–Trinajstić information content (AvgIpc) is 2.52. The highest BCUT2D eigenvalue weighted by atomic mass is 31.2. The standard InChI is InChI=1S/C22H33O4P/c1-15-12-16(2)20(17(3)13-15)21(24)27(25,18-10-8-7-9-11-18)14-19(23)26-22(4,5)6/h12-13,18H,7-11,14H2,1-6H3. The Morgan fingerprint density at radius 2 is 1.56 bits per heavy atom. The monoisotopic (exact) mass is 392 g/mol. The van der Waals surface area contributed by atoms with Crippen LogP contribution in [0.15, 0.2) is 12.1 Å². The van der Waals surface area contributed by atoms with Crippen molar-refractivity contribution in [1.82, 2.24) is 0 Å². The molecule has 0 amide bonds. The summed E-state index contributed by atoms with van der Waals surface area (Å²) >= 11 is 0. The Bertz CT molecular complexity index is 744. The van der Waals surface area contributed by atoms with Crippen LogP contribution in [0.2, 0.25) is 0 Å². The number of rotatable bonds is 5. The molecule has 150 valence electrons. The maximum Gasteiger partial charge on any atom is 0.314 e. The molecule has 1 aromatic carbocycles. The zero-order valence-corrected chi connectivity index (χ0v) is 18.4. The lowest BCUT2D eigenvalue weighted by Gasteiger charge is -2.31. The summed E-state index contributed by atoms with van der Waals surface area (Å²) in [5, 5.41) is 0. The van der Waals surface area contributed by atoms with Gasteiger partial charge in [-0.25, -0.2) is 0 Å². The quantitative estimate of drug-likeness (QED) is 0.470. The predicted octanol–water partition coefficient (Wildman–Crippen LogP) is 5.79. The van der Waals surface area contributed by atoms with Crippen LogP contribution in [-0.2, 0) is 14.1 Å². The van der Waals surface area contributed by atoms with E-state index in [1.807, 2.05) is 32.9 Å². The second-order valence-electron chi connectivity index (χ2n) is 8.91. The number of hydrogen-bond acceptors (Lipinski definition) is 4. The number of benzene rings is 1. The Hall–Kier alpha value is -1.41. The zero-order chi connectivity index (χ0) is 20.4. The number of esters is 1. The van der Waals surface area contributed by atoms with Gasteiger partial charge in [0.1, 0.15) is 11.8 Å². The van der Waals surface area contributed by atoms with E-state index < -0.39 is 18.7 Å². The summed E-state index contributed by atoms with van der Waals surface area (Å²) in [7, 11) is -3.43. The average molecular weight is 392 g/mol. The van der Waals surface area contributed by atoms with E-state index in [9.17, 15) is 14.2 Å². The van der Waals surface area contributed by atoms with Crippen LogP contribution in [0.1, 0.15) is 79.9 Å². The van der Waals surface area contributed by atoms with Crippen molar-refractivity contribution in [3.63, 3.8) is 0 Å². The van der Waals surface area contributed by atoms with Gasteiger partial charge in [-0.1, -0.05) is 37.0 Å². The first kappa shape index (κ1) is 21.9. The maximum atomic E-state index is 14.1. The normalized spacial score (nSPS) is 18.0. The first-order valence-electron chi connectivity index (χ1n) is 9.87. The van der Waals surface area contributed by atoms with Crippen LogP contribution < -0.4 is 0 Å². The van der Waals surface area contributed by atoms with E-state index >= 15 is 0 Å². The van der Waals surface area contributed by atoms with Crippen molar-refractivity contribution in [1.29, 1.82) is 0 Å². The van der Waals surface area contributed by atoms with E-state index in [0.717, 1.165) is 48.8 Å². The fourth-order valence-corrected chi connectivity index (χ4v) is 7.25. The molecule has 1 aromatic rings. The summed E-state index contributed by atoms with van der Waals surface area (Å²) in [5.41, 5.74) is 2.05. The molecule has 5 heteroatoms. The molecule has 1 fully saturated rings. The van der Waals surface area contributed by atoms with Crippen molar-refractivity contribution < 1.29 is 18.9 Å².